The van der Waals surface area contributed by atoms with Crippen LogP contribution in [-0.4, -0.2) is 24.2 Å². The second-order valence-corrected chi connectivity index (χ2v) is 4.13. The van der Waals surface area contributed by atoms with E-state index in [1.807, 2.05) is 36.1 Å². The average molecular weight is 305 g/mol. The molecule has 0 heterocycles. The van der Waals surface area contributed by atoms with Gasteiger partial charge in [-0.1, -0.05) is 0 Å². The van der Waals surface area contributed by atoms with E-state index >= 15 is 0 Å². The highest BCUT2D eigenvalue weighted by atomic mass is 127. The van der Waals surface area contributed by atoms with Crippen LogP contribution in [0, 0.1) is 3.57 Å². The molecule has 1 aromatic carbocycles. The number of hydrogen-bond acceptors (Lipinski definition) is 2. The third kappa shape index (κ3) is 3.17. The lowest BCUT2D eigenvalue weighted by Gasteiger charge is -2.20. The number of rotatable bonds is 4. The average Bonchev–Trinajstić information content (AvgIpc) is 2.15. The highest BCUT2D eigenvalue weighted by Gasteiger charge is 2.07. The van der Waals surface area contributed by atoms with Crippen LogP contribution in [0.5, 0.6) is 0 Å². The van der Waals surface area contributed by atoms with Crippen LogP contribution in [0.15, 0.2) is 24.3 Å². The van der Waals surface area contributed by atoms with Crippen molar-refractivity contribution in [3.8, 4) is 0 Å². The van der Waals surface area contributed by atoms with Gasteiger partial charge in [-0.3, -0.25) is 4.79 Å². The minimum absolute atomic E-state index is 0.0527. The van der Waals surface area contributed by atoms with Crippen LogP contribution < -0.4 is 4.90 Å². The van der Waals surface area contributed by atoms with E-state index in [2.05, 4.69) is 22.6 Å². The fourth-order valence-corrected chi connectivity index (χ4v) is 1.56. The zero-order chi connectivity index (χ0) is 10.6. The smallest absolute Gasteiger partial charge is 0.323 e. The summed E-state index contributed by atoms with van der Waals surface area (Å²) in [5, 5.41) is 8.69. The fourth-order valence-electron chi connectivity index (χ4n) is 1.20. The highest BCUT2D eigenvalue weighted by molar-refractivity contribution is 14.1. The van der Waals surface area contributed by atoms with Gasteiger partial charge in [0, 0.05) is 15.8 Å². The van der Waals surface area contributed by atoms with E-state index in [0.29, 0.717) is 6.54 Å². The summed E-state index contributed by atoms with van der Waals surface area (Å²) in [7, 11) is 0. The van der Waals surface area contributed by atoms with Crippen LogP contribution in [0.4, 0.5) is 5.69 Å². The molecule has 0 atom stereocenters. The number of carbonyl (C=O) groups is 1. The van der Waals surface area contributed by atoms with E-state index in [4.69, 9.17) is 5.11 Å². The first-order valence-corrected chi connectivity index (χ1v) is 5.43. The predicted molar refractivity (Wildman–Crippen MR) is 64.7 cm³/mol. The van der Waals surface area contributed by atoms with Gasteiger partial charge in [0.15, 0.2) is 0 Å². The number of aliphatic carboxylic acids is 1. The molecule has 0 aliphatic rings. The standard InChI is InChI=1S/C10H12INO2/c1-2-12(7-10(13)14)9-5-3-8(11)4-6-9/h3-6H,2,7H2,1H3,(H,13,14). The maximum absolute atomic E-state index is 10.6. The Bertz CT molecular complexity index is 310. The number of likely N-dealkylation sites (N-methyl/N-ethyl adjacent to an activating group) is 1. The molecule has 0 bridgehead atoms. The van der Waals surface area contributed by atoms with Crippen LogP contribution in [0.25, 0.3) is 0 Å². The van der Waals surface area contributed by atoms with E-state index in [1.165, 1.54) is 0 Å². The monoisotopic (exact) mass is 305 g/mol. The first-order valence-electron chi connectivity index (χ1n) is 4.35. The Hall–Kier alpha value is -0.780. The first-order chi connectivity index (χ1) is 6.63. The fraction of sp³-hybridized carbons (Fsp3) is 0.300. The molecule has 0 fully saturated rings. The molecule has 1 rings (SSSR count). The Balaban J connectivity index is 2.78. The van der Waals surface area contributed by atoms with Gasteiger partial charge in [-0.15, -0.1) is 0 Å². The van der Waals surface area contributed by atoms with Crippen molar-refractivity contribution in [1.29, 1.82) is 0 Å². The maximum Gasteiger partial charge on any atom is 0.323 e. The Morgan fingerprint density at radius 1 is 1.43 bits per heavy atom. The van der Waals surface area contributed by atoms with Crippen molar-refractivity contribution in [2.75, 3.05) is 18.0 Å². The van der Waals surface area contributed by atoms with Crippen LogP contribution in [0.1, 0.15) is 6.92 Å². The molecular weight excluding hydrogens is 293 g/mol. The zero-order valence-electron chi connectivity index (χ0n) is 7.90. The lowest BCUT2D eigenvalue weighted by Crippen LogP contribution is -2.29. The van der Waals surface area contributed by atoms with Gasteiger partial charge in [0.2, 0.25) is 0 Å². The van der Waals surface area contributed by atoms with Crippen molar-refractivity contribution in [2.24, 2.45) is 0 Å². The van der Waals surface area contributed by atoms with Crippen molar-refractivity contribution in [3.05, 3.63) is 27.8 Å². The molecule has 1 aromatic rings. The Morgan fingerprint density at radius 2 is 2.00 bits per heavy atom. The summed E-state index contributed by atoms with van der Waals surface area (Å²) in [6.07, 6.45) is 0. The Morgan fingerprint density at radius 3 is 2.43 bits per heavy atom. The molecule has 0 saturated carbocycles. The summed E-state index contributed by atoms with van der Waals surface area (Å²) in [4.78, 5) is 12.4. The zero-order valence-corrected chi connectivity index (χ0v) is 10.1. The molecule has 0 aliphatic heterocycles. The number of carboxylic acid groups (broad SMARTS) is 1. The summed E-state index contributed by atoms with van der Waals surface area (Å²) in [6, 6.07) is 7.82. The number of halogens is 1. The van der Waals surface area contributed by atoms with Gasteiger partial charge in [-0.05, 0) is 53.8 Å². The third-order valence-corrected chi connectivity index (χ3v) is 2.62. The van der Waals surface area contributed by atoms with Crippen molar-refractivity contribution in [2.45, 2.75) is 6.92 Å². The van der Waals surface area contributed by atoms with Crippen LogP contribution in [0.3, 0.4) is 0 Å². The first kappa shape index (κ1) is 11.3. The molecule has 0 radical (unpaired) electrons. The quantitative estimate of drug-likeness (QED) is 0.867. The number of benzene rings is 1. The summed E-state index contributed by atoms with van der Waals surface area (Å²) in [6.45, 7) is 2.70. The minimum atomic E-state index is -0.801. The second kappa shape index (κ2) is 5.19. The van der Waals surface area contributed by atoms with Gasteiger partial charge in [0.1, 0.15) is 6.54 Å². The summed E-state index contributed by atoms with van der Waals surface area (Å²) in [5.41, 5.74) is 0.954. The van der Waals surface area contributed by atoms with Gasteiger partial charge in [0.25, 0.3) is 0 Å². The molecular formula is C10H12INO2. The van der Waals surface area contributed by atoms with Crippen molar-refractivity contribution < 1.29 is 9.90 Å². The SMILES string of the molecule is CCN(CC(=O)O)c1ccc(I)cc1. The molecule has 0 amide bonds. The second-order valence-electron chi connectivity index (χ2n) is 2.88. The molecule has 76 valence electrons. The van der Waals surface area contributed by atoms with Gasteiger partial charge in [0.05, 0.1) is 0 Å². The summed E-state index contributed by atoms with van der Waals surface area (Å²) in [5.74, 6) is -0.801. The largest absolute Gasteiger partial charge is 0.480 e. The molecule has 1 N–H and O–H groups in total. The normalized spacial score (nSPS) is 9.86. The van der Waals surface area contributed by atoms with Gasteiger partial charge < -0.3 is 10.0 Å². The Kier molecular flexibility index (Phi) is 4.19. The molecule has 0 aromatic heterocycles. The van der Waals surface area contributed by atoms with Crippen LogP contribution in [0.2, 0.25) is 0 Å². The van der Waals surface area contributed by atoms with Crippen molar-refractivity contribution in [1.82, 2.24) is 0 Å². The topological polar surface area (TPSA) is 40.5 Å². The molecule has 3 nitrogen and oxygen atoms in total. The molecule has 0 spiro atoms. The molecule has 0 aliphatic carbocycles. The lowest BCUT2D eigenvalue weighted by atomic mass is 10.3. The van der Waals surface area contributed by atoms with Gasteiger partial charge in [-0.25, -0.2) is 0 Å². The maximum atomic E-state index is 10.6. The lowest BCUT2D eigenvalue weighted by molar-refractivity contribution is -0.135. The number of anilines is 1. The minimum Gasteiger partial charge on any atom is -0.480 e. The van der Waals surface area contributed by atoms with Gasteiger partial charge >= 0.3 is 5.97 Å². The van der Waals surface area contributed by atoms with Gasteiger partial charge in [-0.2, -0.15) is 0 Å². The number of hydrogen-bond donors (Lipinski definition) is 1. The molecule has 0 saturated heterocycles. The van der Waals surface area contributed by atoms with E-state index in [1.54, 1.807) is 0 Å². The molecule has 14 heavy (non-hydrogen) atoms. The third-order valence-electron chi connectivity index (χ3n) is 1.90. The van der Waals surface area contributed by atoms with Crippen LogP contribution in [-0.2, 0) is 4.79 Å². The number of carboxylic acids is 1. The van der Waals surface area contributed by atoms with Crippen molar-refractivity contribution >= 4 is 34.2 Å². The number of nitrogens with zero attached hydrogens (tertiary/aromatic N) is 1. The highest BCUT2D eigenvalue weighted by Crippen LogP contribution is 2.15. The van der Waals surface area contributed by atoms with Crippen molar-refractivity contribution in [3.63, 3.8) is 0 Å². The Labute approximate surface area is 96.9 Å². The summed E-state index contributed by atoms with van der Waals surface area (Å²) < 4.78 is 1.15. The summed E-state index contributed by atoms with van der Waals surface area (Å²) >= 11 is 2.22. The van der Waals surface area contributed by atoms with E-state index < -0.39 is 5.97 Å². The molecule has 4 heteroatoms. The van der Waals surface area contributed by atoms with E-state index in [-0.39, 0.29) is 6.54 Å². The van der Waals surface area contributed by atoms with E-state index in [0.717, 1.165) is 9.26 Å². The van der Waals surface area contributed by atoms with E-state index in [9.17, 15) is 4.79 Å². The molecule has 0 unspecified atom stereocenters. The van der Waals surface area contributed by atoms with Crippen LogP contribution >= 0.6 is 22.6 Å². The predicted octanol–water partition coefficient (Wildman–Crippen LogP) is 2.20.